The molecule has 0 aliphatic carbocycles. The van der Waals surface area contributed by atoms with Crippen molar-refractivity contribution in [1.82, 2.24) is 4.98 Å². The van der Waals surface area contributed by atoms with Gasteiger partial charge in [0.25, 0.3) is 0 Å². The van der Waals surface area contributed by atoms with Crippen LogP contribution in [0.1, 0.15) is 12.6 Å². The molecule has 1 aromatic rings. The number of hydrogen-bond acceptors (Lipinski definition) is 4. The lowest BCUT2D eigenvalue weighted by molar-refractivity contribution is -0.143. The number of pyridine rings is 1. The second-order valence-corrected chi connectivity index (χ2v) is 4.72. The van der Waals surface area contributed by atoms with Crippen molar-refractivity contribution in [3.05, 3.63) is 30.1 Å². The SMILES string of the molecule is COC(=O)C(C)CSCCc1ccccn1. The fourth-order valence-corrected chi connectivity index (χ4v) is 2.26. The first-order chi connectivity index (χ1) is 7.74. The summed E-state index contributed by atoms with van der Waals surface area (Å²) in [6.07, 6.45) is 2.75. The molecule has 1 heterocycles. The van der Waals surface area contributed by atoms with Crippen molar-refractivity contribution >= 4 is 17.7 Å². The number of nitrogens with zero attached hydrogens (tertiary/aromatic N) is 1. The molecular weight excluding hydrogens is 222 g/mol. The number of aryl methyl sites for hydroxylation is 1. The van der Waals surface area contributed by atoms with Gasteiger partial charge in [0.05, 0.1) is 13.0 Å². The van der Waals surface area contributed by atoms with Crippen LogP contribution in [0.25, 0.3) is 0 Å². The van der Waals surface area contributed by atoms with Crippen LogP contribution in [0.2, 0.25) is 0 Å². The molecule has 3 nitrogen and oxygen atoms in total. The van der Waals surface area contributed by atoms with Crippen molar-refractivity contribution in [3.63, 3.8) is 0 Å². The van der Waals surface area contributed by atoms with Crippen LogP contribution in [0, 0.1) is 5.92 Å². The molecule has 0 radical (unpaired) electrons. The summed E-state index contributed by atoms with van der Waals surface area (Å²) < 4.78 is 4.66. The number of carbonyl (C=O) groups excluding carboxylic acids is 1. The Hall–Kier alpha value is -1.03. The van der Waals surface area contributed by atoms with Gasteiger partial charge in [0.1, 0.15) is 0 Å². The molecule has 0 aliphatic heterocycles. The van der Waals surface area contributed by atoms with E-state index in [0.717, 1.165) is 23.6 Å². The van der Waals surface area contributed by atoms with E-state index in [0.29, 0.717) is 0 Å². The quantitative estimate of drug-likeness (QED) is 0.563. The molecule has 4 heteroatoms. The molecule has 1 rings (SSSR count). The number of esters is 1. The predicted octanol–water partition coefficient (Wildman–Crippen LogP) is 2.17. The van der Waals surface area contributed by atoms with Crippen LogP contribution in [0.5, 0.6) is 0 Å². The molecule has 0 amide bonds. The Morgan fingerprint density at radius 2 is 2.38 bits per heavy atom. The van der Waals surface area contributed by atoms with Gasteiger partial charge in [-0.2, -0.15) is 11.8 Å². The standard InChI is InChI=1S/C12H17NO2S/c1-10(12(14)15-2)9-16-8-6-11-5-3-4-7-13-11/h3-5,7,10H,6,8-9H2,1-2H3. The maximum absolute atomic E-state index is 11.1. The Morgan fingerprint density at radius 3 is 3.00 bits per heavy atom. The lowest BCUT2D eigenvalue weighted by Gasteiger charge is -2.08. The molecule has 0 bridgehead atoms. The molecular formula is C12H17NO2S. The highest BCUT2D eigenvalue weighted by atomic mass is 32.2. The molecule has 0 saturated heterocycles. The first-order valence-corrected chi connectivity index (χ1v) is 6.45. The first kappa shape index (κ1) is 13.0. The van der Waals surface area contributed by atoms with Gasteiger partial charge in [-0.1, -0.05) is 13.0 Å². The van der Waals surface area contributed by atoms with Crippen LogP contribution in [-0.2, 0) is 16.0 Å². The van der Waals surface area contributed by atoms with E-state index >= 15 is 0 Å². The van der Waals surface area contributed by atoms with Gasteiger partial charge in [0.2, 0.25) is 0 Å². The highest BCUT2D eigenvalue weighted by molar-refractivity contribution is 7.99. The van der Waals surface area contributed by atoms with Crippen molar-refractivity contribution in [2.75, 3.05) is 18.6 Å². The Bertz CT molecular complexity index is 316. The number of ether oxygens (including phenoxy) is 1. The van der Waals surface area contributed by atoms with Crippen molar-refractivity contribution in [2.45, 2.75) is 13.3 Å². The van der Waals surface area contributed by atoms with Crippen molar-refractivity contribution in [2.24, 2.45) is 5.92 Å². The van der Waals surface area contributed by atoms with Gasteiger partial charge in [-0.25, -0.2) is 0 Å². The van der Waals surface area contributed by atoms with E-state index in [2.05, 4.69) is 9.72 Å². The maximum atomic E-state index is 11.1. The summed E-state index contributed by atoms with van der Waals surface area (Å²) in [5, 5.41) is 0. The largest absolute Gasteiger partial charge is 0.469 e. The average Bonchev–Trinajstić information content (AvgIpc) is 2.34. The number of hydrogen-bond donors (Lipinski definition) is 0. The van der Waals surface area contributed by atoms with Crippen molar-refractivity contribution < 1.29 is 9.53 Å². The maximum Gasteiger partial charge on any atom is 0.309 e. The number of aromatic nitrogens is 1. The molecule has 88 valence electrons. The van der Waals surface area contributed by atoms with Crippen LogP contribution in [-0.4, -0.2) is 29.6 Å². The van der Waals surface area contributed by atoms with Crippen LogP contribution in [0.15, 0.2) is 24.4 Å². The summed E-state index contributed by atoms with van der Waals surface area (Å²) in [5.41, 5.74) is 1.10. The highest BCUT2D eigenvalue weighted by Gasteiger charge is 2.12. The Labute approximate surface area is 101 Å². The topological polar surface area (TPSA) is 39.2 Å². The highest BCUT2D eigenvalue weighted by Crippen LogP contribution is 2.11. The van der Waals surface area contributed by atoms with Crippen LogP contribution in [0.3, 0.4) is 0 Å². The van der Waals surface area contributed by atoms with E-state index in [-0.39, 0.29) is 11.9 Å². The van der Waals surface area contributed by atoms with E-state index in [1.807, 2.05) is 25.1 Å². The summed E-state index contributed by atoms with van der Waals surface area (Å²) >= 11 is 1.76. The van der Waals surface area contributed by atoms with E-state index in [1.54, 1.807) is 18.0 Å². The van der Waals surface area contributed by atoms with E-state index in [9.17, 15) is 4.79 Å². The molecule has 0 saturated carbocycles. The number of methoxy groups -OCH3 is 1. The molecule has 0 fully saturated rings. The summed E-state index contributed by atoms with van der Waals surface area (Å²) in [6.45, 7) is 1.89. The zero-order valence-electron chi connectivity index (χ0n) is 9.68. The number of thioether (sulfide) groups is 1. The zero-order chi connectivity index (χ0) is 11.8. The second kappa shape index (κ2) is 7.28. The number of rotatable bonds is 6. The van der Waals surface area contributed by atoms with E-state index in [1.165, 1.54) is 7.11 Å². The van der Waals surface area contributed by atoms with Crippen LogP contribution < -0.4 is 0 Å². The van der Waals surface area contributed by atoms with E-state index in [4.69, 9.17) is 0 Å². The van der Waals surface area contributed by atoms with Crippen LogP contribution >= 0.6 is 11.8 Å². The third-order valence-corrected chi connectivity index (χ3v) is 3.43. The molecule has 0 spiro atoms. The smallest absolute Gasteiger partial charge is 0.309 e. The normalized spacial score (nSPS) is 12.1. The minimum Gasteiger partial charge on any atom is -0.469 e. The van der Waals surface area contributed by atoms with Crippen molar-refractivity contribution in [1.29, 1.82) is 0 Å². The third-order valence-electron chi connectivity index (χ3n) is 2.20. The zero-order valence-corrected chi connectivity index (χ0v) is 10.5. The summed E-state index contributed by atoms with van der Waals surface area (Å²) in [5.74, 6) is 1.63. The van der Waals surface area contributed by atoms with E-state index < -0.39 is 0 Å². The van der Waals surface area contributed by atoms with Crippen molar-refractivity contribution in [3.8, 4) is 0 Å². The lowest BCUT2D eigenvalue weighted by Crippen LogP contribution is -2.15. The molecule has 0 N–H and O–H groups in total. The molecule has 0 aliphatic rings. The predicted molar refractivity (Wildman–Crippen MR) is 66.4 cm³/mol. The van der Waals surface area contributed by atoms with Gasteiger partial charge in [0, 0.05) is 17.6 Å². The molecule has 0 aromatic carbocycles. The minimum atomic E-state index is -0.134. The number of carbonyl (C=O) groups is 1. The van der Waals surface area contributed by atoms with Gasteiger partial charge in [-0.15, -0.1) is 0 Å². The molecule has 16 heavy (non-hydrogen) atoms. The lowest BCUT2D eigenvalue weighted by atomic mass is 10.2. The van der Waals surface area contributed by atoms with Gasteiger partial charge in [0.15, 0.2) is 0 Å². The van der Waals surface area contributed by atoms with Gasteiger partial charge in [-0.3, -0.25) is 9.78 Å². The third kappa shape index (κ3) is 4.66. The Balaban J connectivity index is 2.15. The van der Waals surface area contributed by atoms with Gasteiger partial charge in [-0.05, 0) is 24.3 Å². The monoisotopic (exact) mass is 239 g/mol. The average molecular weight is 239 g/mol. The van der Waals surface area contributed by atoms with Gasteiger partial charge < -0.3 is 4.74 Å². The van der Waals surface area contributed by atoms with Crippen LogP contribution in [0.4, 0.5) is 0 Å². The molecule has 1 atom stereocenters. The minimum absolute atomic E-state index is 0.0290. The Morgan fingerprint density at radius 1 is 1.56 bits per heavy atom. The first-order valence-electron chi connectivity index (χ1n) is 5.29. The molecule has 1 aromatic heterocycles. The molecule has 1 unspecified atom stereocenters. The fourth-order valence-electron chi connectivity index (χ4n) is 1.25. The Kier molecular flexibility index (Phi) is 5.93. The van der Waals surface area contributed by atoms with Gasteiger partial charge >= 0.3 is 5.97 Å². The summed E-state index contributed by atoms with van der Waals surface area (Å²) in [7, 11) is 1.43. The summed E-state index contributed by atoms with van der Waals surface area (Å²) in [4.78, 5) is 15.4. The fraction of sp³-hybridized carbons (Fsp3) is 0.500. The second-order valence-electron chi connectivity index (χ2n) is 3.57. The summed E-state index contributed by atoms with van der Waals surface area (Å²) in [6, 6.07) is 5.92.